The van der Waals surface area contributed by atoms with Gasteiger partial charge in [0, 0.05) is 12.0 Å². The van der Waals surface area contributed by atoms with Gasteiger partial charge >= 0.3 is 6.09 Å². The van der Waals surface area contributed by atoms with Crippen molar-refractivity contribution in [3.05, 3.63) is 107 Å². The molecular formula is C32H33NO2. The van der Waals surface area contributed by atoms with E-state index in [1.54, 1.807) is 0 Å². The van der Waals surface area contributed by atoms with Crippen molar-refractivity contribution in [2.24, 2.45) is 0 Å². The van der Waals surface area contributed by atoms with Crippen LogP contribution in [0, 0.1) is 0 Å². The van der Waals surface area contributed by atoms with E-state index in [1.165, 1.54) is 39.0 Å². The van der Waals surface area contributed by atoms with Gasteiger partial charge < -0.3 is 4.74 Å². The van der Waals surface area contributed by atoms with Crippen LogP contribution in [-0.4, -0.2) is 29.7 Å². The van der Waals surface area contributed by atoms with E-state index >= 15 is 0 Å². The Hall–Kier alpha value is -3.33. The molecule has 1 saturated heterocycles. The van der Waals surface area contributed by atoms with Crippen LogP contribution >= 0.6 is 0 Å². The second-order valence-electron chi connectivity index (χ2n) is 10.6. The summed E-state index contributed by atoms with van der Waals surface area (Å²) in [6.45, 7) is 4.85. The number of carbonyl (C=O) groups is 1. The summed E-state index contributed by atoms with van der Waals surface area (Å²) in [7, 11) is 0. The van der Waals surface area contributed by atoms with E-state index in [0.29, 0.717) is 12.5 Å². The van der Waals surface area contributed by atoms with Gasteiger partial charge in [-0.1, -0.05) is 98.3 Å². The van der Waals surface area contributed by atoms with Crippen LogP contribution in [0.3, 0.4) is 0 Å². The zero-order chi connectivity index (χ0) is 23.9. The molecule has 3 aromatic carbocycles. The summed E-state index contributed by atoms with van der Waals surface area (Å²) in [5, 5.41) is 0. The lowest BCUT2D eigenvalue weighted by Crippen LogP contribution is -2.44. The highest BCUT2D eigenvalue weighted by molar-refractivity contribution is 5.79. The normalized spacial score (nSPS) is 20.5. The summed E-state index contributed by atoms with van der Waals surface area (Å²) in [6.07, 6.45) is 6.19. The average Bonchev–Trinajstić information content (AvgIpc) is 3.34. The minimum absolute atomic E-state index is 0.105. The minimum Gasteiger partial charge on any atom is -0.448 e. The molecule has 3 heteroatoms. The smallest absolute Gasteiger partial charge is 0.410 e. The highest BCUT2D eigenvalue weighted by Crippen LogP contribution is 2.45. The fourth-order valence-electron chi connectivity index (χ4n) is 6.29. The molecule has 1 aliphatic carbocycles. The molecule has 0 radical (unpaired) electrons. The Bertz CT molecular complexity index is 1230. The molecule has 2 aliphatic heterocycles. The summed E-state index contributed by atoms with van der Waals surface area (Å²) in [5.74, 6) is 0.660. The van der Waals surface area contributed by atoms with Crippen molar-refractivity contribution < 1.29 is 9.53 Å². The maximum absolute atomic E-state index is 13.3. The fraction of sp³-hybridized carbons (Fsp3) is 0.344. The van der Waals surface area contributed by atoms with Crippen LogP contribution in [0.15, 0.2) is 84.4 Å². The van der Waals surface area contributed by atoms with Gasteiger partial charge in [-0.05, 0) is 65.0 Å². The van der Waals surface area contributed by atoms with E-state index < -0.39 is 0 Å². The van der Waals surface area contributed by atoms with E-state index in [2.05, 4.69) is 92.7 Å². The van der Waals surface area contributed by atoms with Gasteiger partial charge in [0.15, 0.2) is 0 Å². The lowest BCUT2D eigenvalue weighted by molar-refractivity contribution is 0.0849. The first kappa shape index (κ1) is 22.2. The molecule has 1 amide bonds. The molecular weight excluding hydrogens is 430 g/mol. The largest absolute Gasteiger partial charge is 0.448 e. The van der Waals surface area contributed by atoms with Gasteiger partial charge in [-0.3, -0.25) is 4.90 Å². The molecule has 2 unspecified atom stereocenters. The van der Waals surface area contributed by atoms with Gasteiger partial charge in [0.1, 0.15) is 6.61 Å². The molecule has 3 aromatic rings. The first-order valence-corrected chi connectivity index (χ1v) is 13.0. The van der Waals surface area contributed by atoms with Crippen molar-refractivity contribution in [3.8, 4) is 11.1 Å². The maximum atomic E-state index is 13.3. The summed E-state index contributed by atoms with van der Waals surface area (Å²) in [5.41, 5.74) is 9.23. The van der Waals surface area contributed by atoms with Gasteiger partial charge in [0.25, 0.3) is 0 Å². The molecule has 3 aliphatic rings. The van der Waals surface area contributed by atoms with Crippen LogP contribution in [0.1, 0.15) is 67.2 Å². The van der Waals surface area contributed by atoms with E-state index in [4.69, 9.17) is 4.74 Å². The van der Waals surface area contributed by atoms with Gasteiger partial charge in [0.2, 0.25) is 0 Å². The zero-order valence-corrected chi connectivity index (χ0v) is 20.6. The molecule has 1 fully saturated rings. The molecule has 3 nitrogen and oxygen atoms in total. The van der Waals surface area contributed by atoms with E-state index in [1.807, 2.05) is 4.90 Å². The summed E-state index contributed by atoms with van der Waals surface area (Å²) in [4.78, 5) is 15.3. The molecule has 0 spiro atoms. The third kappa shape index (κ3) is 4.07. The van der Waals surface area contributed by atoms with Crippen LogP contribution in [0.4, 0.5) is 4.79 Å². The molecule has 2 bridgehead atoms. The highest BCUT2D eigenvalue weighted by atomic mass is 16.6. The lowest BCUT2D eigenvalue weighted by Gasteiger charge is -2.33. The Labute approximate surface area is 208 Å². The van der Waals surface area contributed by atoms with Gasteiger partial charge in [-0.25, -0.2) is 4.79 Å². The van der Waals surface area contributed by atoms with Crippen molar-refractivity contribution in [1.29, 1.82) is 0 Å². The third-order valence-electron chi connectivity index (χ3n) is 8.10. The van der Waals surface area contributed by atoms with Crippen LogP contribution < -0.4 is 0 Å². The van der Waals surface area contributed by atoms with Gasteiger partial charge in [-0.2, -0.15) is 0 Å². The number of amides is 1. The van der Waals surface area contributed by atoms with E-state index in [0.717, 1.165) is 25.7 Å². The molecule has 0 aromatic heterocycles. The molecule has 35 heavy (non-hydrogen) atoms. The average molecular weight is 464 g/mol. The SMILES string of the molecule is CC(C)c1ccc(CC2=CC3CCC(C2)N3C(=O)OCC2c3ccccc3-c3ccccc32)cc1. The quantitative estimate of drug-likeness (QED) is 0.367. The number of ether oxygens (including phenoxy) is 1. The first-order chi connectivity index (χ1) is 17.1. The first-order valence-electron chi connectivity index (χ1n) is 13.0. The Morgan fingerprint density at radius 3 is 2.20 bits per heavy atom. The number of nitrogens with zero attached hydrogens (tertiary/aromatic N) is 1. The zero-order valence-electron chi connectivity index (χ0n) is 20.6. The monoisotopic (exact) mass is 463 g/mol. The number of rotatable bonds is 5. The summed E-state index contributed by atoms with van der Waals surface area (Å²) in [6, 6.07) is 26.4. The molecule has 6 rings (SSSR count). The Kier molecular flexibility index (Phi) is 5.72. The predicted molar refractivity (Wildman–Crippen MR) is 141 cm³/mol. The second kappa shape index (κ2) is 9.03. The number of benzene rings is 3. The maximum Gasteiger partial charge on any atom is 0.410 e. The summed E-state index contributed by atoms with van der Waals surface area (Å²) < 4.78 is 6.01. The molecule has 0 saturated carbocycles. The predicted octanol–water partition coefficient (Wildman–Crippen LogP) is 7.46. The topological polar surface area (TPSA) is 29.5 Å². The molecule has 0 N–H and O–H groups in total. The third-order valence-corrected chi connectivity index (χ3v) is 8.10. The molecule has 2 atom stereocenters. The minimum atomic E-state index is -0.157. The van der Waals surface area contributed by atoms with E-state index in [9.17, 15) is 4.79 Å². The van der Waals surface area contributed by atoms with Crippen molar-refractivity contribution in [2.75, 3.05) is 6.61 Å². The number of hydrogen-bond donors (Lipinski definition) is 0. The second-order valence-corrected chi connectivity index (χ2v) is 10.6. The number of carbonyl (C=O) groups excluding carboxylic acids is 1. The highest BCUT2D eigenvalue weighted by Gasteiger charge is 2.41. The Balaban J connectivity index is 1.13. The molecule has 2 heterocycles. The fourth-order valence-corrected chi connectivity index (χ4v) is 6.29. The lowest BCUT2D eigenvalue weighted by atomic mass is 9.94. The van der Waals surface area contributed by atoms with Crippen molar-refractivity contribution in [3.63, 3.8) is 0 Å². The standard InChI is InChI=1S/C32H33NO2/c1-21(2)24-13-11-22(12-14-24)17-23-18-25-15-16-26(19-23)33(25)32(34)35-20-31-29-9-5-3-7-27(29)28-8-4-6-10-30(28)31/h3-14,18,21,25-26,31H,15-17,19-20H2,1-2H3. The Morgan fingerprint density at radius 2 is 1.57 bits per heavy atom. The number of hydrogen-bond acceptors (Lipinski definition) is 2. The van der Waals surface area contributed by atoms with Crippen molar-refractivity contribution in [2.45, 2.75) is 63.5 Å². The summed E-state index contributed by atoms with van der Waals surface area (Å²) >= 11 is 0. The van der Waals surface area contributed by atoms with Crippen molar-refractivity contribution >= 4 is 6.09 Å². The van der Waals surface area contributed by atoms with Crippen LogP contribution in [0.25, 0.3) is 11.1 Å². The van der Waals surface area contributed by atoms with Crippen molar-refractivity contribution in [1.82, 2.24) is 4.90 Å². The number of fused-ring (bicyclic) bond motifs is 5. The Morgan fingerprint density at radius 1 is 0.914 bits per heavy atom. The van der Waals surface area contributed by atoms with Gasteiger partial charge in [-0.15, -0.1) is 0 Å². The molecule has 178 valence electrons. The van der Waals surface area contributed by atoms with Crippen LogP contribution in [-0.2, 0) is 11.2 Å². The van der Waals surface area contributed by atoms with E-state index in [-0.39, 0.29) is 24.1 Å². The van der Waals surface area contributed by atoms with Crippen LogP contribution in [0.2, 0.25) is 0 Å². The van der Waals surface area contributed by atoms with Crippen LogP contribution in [0.5, 0.6) is 0 Å². The van der Waals surface area contributed by atoms with Gasteiger partial charge in [0.05, 0.1) is 6.04 Å².